The molecule has 0 aliphatic rings. The molecule has 3 rings (SSSR count). The van der Waals surface area contributed by atoms with Gasteiger partial charge in [-0.1, -0.05) is 0 Å². The summed E-state index contributed by atoms with van der Waals surface area (Å²) in [5, 5.41) is 11.8. The number of aromatic nitrogens is 4. The van der Waals surface area contributed by atoms with Gasteiger partial charge < -0.3 is 0 Å². The quantitative estimate of drug-likeness (QED) is 0.647. The van der Waals surface area contributed by atoms with Crippen molar-refractivity contribution < 1.29 is 17.6 Å². The molecular formula is C13H8F4N4. The van der Waals surface area contributed by atoms with Gasteiger partial charge in [-0.3, -0.25) is 0 Å². The SMILES string of the molecule is Cc1nnc2ccc(-c3ccc(F)c(C(F)(F)F)c3)nn12. The minimum Gasteiger partial charge on any atom is -0.206 e. The van der Waals surface area contributed by atoms with Crippen molar-refractivity contribution >= 4 is 5.65 Å². The summed E-state index contributed by atoms with van der Waals surface area (Å²) in [5.74, 6) is -0.808. The summed E-state index contributed by atoms with van der Waals surface area (Å²) in [6, 6.07) is 5.86. The van der Waals surface area contributed by atoms with E-state index in [1.807, 2.05) is 0 Å². The summed E-state index contributed by atoms with van der Waals surface area (Å²) < 4.78 is 52.9. The molecule has 0 spiro atoms. The van der Waals surface area contributed by atoms with Crippen LogP contribution < -0.4 is 0 Å². The number of fused-ring (bicyclic) bond motifs is 1. The van der Waals surface area contributed by atoms with Gasteiger partial charge in [0.25, 0.3) is 0 Å². The molecule has 21 heavy (non-hydrogen) atoms. The van der Waals surface area contributed by atoms with Crippen molar-refractivity contribution in [2.24, 2.45) is 0 Å². The van der Waals surface area contributed by atoms with E-state index in [-0.39, 0.29) is 11.3 Å². The van der Waals surface area contributed by atoms with Gasteiger partial charge in [0.15, 0.2) is 11.5 Å². The van der Waals surface area contributed by atoms with Crippen LogP contribution in [0.25, 0.3) is 16.9 Å². The van der Waals surface area contributed by atoms with Gasteiger partial charge in [-0.15, -0.1) is 10.2 Å². The molecule has 1 aromatic carbocycles. The summed E-state index contributed by atoms with van der Waals surface area (Å²) in [7, 11) is 0. The van der Waals surface area contributed by atoms with Crippen LogP contribution in [0.15, 0.2) is 30.3 Å². The third-order valence-corrected chi connectivity index (χ3v) is 2.99. The fourth-order valence-corrected chi connectivity index (χ4v) is 1.95. The van der Waals surface area contributed by atoms with Gasteiger partial charge in [0.05, 0.1) is 11.3 Å². The number of benzene rings is 1. The van der Waals surface area contributed by atoms with Crippen molar-refractivity contribution in [1.82, 2.24) is 19.8 Å². The van der Waals surface area contributed by atoms with E-state index in [0.29, 0.717) is 11.5 Å². The van der Waals surface area contributed by atoms with Crippen LogP contribution >= 0.6 is 0 Å². The van der Waals surface area contributed by atoms with E-state index in [1.54, 1.807) is 13.0 Å². The molecule has 0 N–H and O–H groups in total. The number of halogens is 4. The molecule has 4 nitrogen and oxygen atoms in total. The number of nitrogens with zero attached hydrogens (tertiary/aromatic N) is 4. The van der Waals surface area contributed by atoms with Crippen molar-refractivity contribution in [3.8, 4) is 11.3 Å². The number of hydrogen-bond acceptors (Lipinski definition) is 3. The molecular weight excluding hydrogens is 288 g/mol. The fraction of sp³-hybridized carbons (Fsp3) is 0.154. The molecule has 2 heterocycles. The molecule has 2 aromatic heterocycles. The zero-order valence-corrected chi connectivity index (χ0v) is 10.7. The van der Waals surface area contributed by atoms with E-state index in [4.69, 9.17) is 0 Å². The van der Waals surface area contributed by atoms with Gasteiger partial charge in [0.2, 0.25) is 0 Å². The lowest BCUT2D eigenvalue weighted by atomic mass is 10.1. The predicted molar refractivity (Wildman–Crippen MR) is 65.9 cm³/mol. The lowest BCUT2D eigenvalue weighted by Crippen LogP contribution is -2.08. The highest BCUT2D eigenvalue weighted by molar-refractivity contribution is 5.61. The number of aryl methyl sites for hydroxylation is 1. The van der Waals surface area contributed by atoms with Crippen LogP contribution in [-0.2, 0) is 6.18 Å². The van der Waals surface area contributed by atoms with Crippen LogP contribution in [0.3, 0.4) is 0 Å². The summed E-state index contributed by atoms with van der Waals surface area (Å²) in [4.78, 5) is 0. The summed E-state index contributed by atoms with van der Waals surface area (Å²) in [5.41, 5.74) is -0.397. The summed E-state index contributed by atoms with van der Waals surface area (Å²) >= 11 is 0. The van der Waals surface area contributed by atoms with E-state index in [0.717, 1.165) is 12.1 Å². The van der Waals surface area contributed by atoms with E-state index in [9.17, 15) is 17.6 Å². The zero-order valence-electron chi connectivity index (χ0n) is 10.7. The molecule has 108 valence electrons. The standard InChI is InChI=1S/C13H8F4N4/c1-7-18-19-12-5-4-11(20-21(7)12)8-2-3-10(14)9(6-8)13(15,16)17/h2-6H,1H3. The number of rotatable bonds is 1. The Morgan fingerprint density at radius 3 is 2.52 bits per heavy atom. The first kappa shape index (κ1) is 13.5. The lowest BCUT2D eigenvalue weighted by Gasteiger charge is -2.10. The average Bonchev–Trinajstić information content (AvgIpc) is 2.79. The summed E-state index contributed by atoms with van der Waals surface area (Å²) in [6.45, 7) is 1.67. The van der Waals surface area contributed by atoms with Gasteiger partial charge >= 0.3 is 6.18 Å². The van der Waals surface area contributed by atoms with Gasteiger partial charge in [-0.25, -0.2) is 4.39 Å². The molecule has 3 aromatic rings. The Labute approximate surface area is 116 Å². The van der Waals surface area contributed by atoms with Crippen molar-refractivity contribution in [1.29, 1.82) is 0 Å². The van der Waals surface area contributed by atoms with Crippen LogP contribution in [-0.4, -0.2) is 19.8 Å². The van der Waals surface area contributed by atoms with Crippen molar-refractivity contribution in [2.45, 2.75) is 13.1 Å². The highest BCUT2D eigenvalue weighted by Crippen LogP contribution is 2.33. The fourth-order valence-electron chi connectivity index (χ4n) is 1.95. The maximum absolute atomic E-state index is 13.3. The van der Waals surface area contributed by atoms with Crippen LogP contribution in [0.1, 0.15) is 11.4 Å². The number of alkyl halides is 3. The van der Waals surface area contributed by atoms with E-state index >= 15 is 0 Å². The second-order valence-corrected chi connectivity index (χ2v) is 4.43. The third-order valence-electron chi connectivity index (χ3n) is 2.99. The molecule has 0 radical (unpaired) electrons. The molecule has 8 heteroatoms. The molecule has 0 saturated heterocycles. The Morgan fingerprint density at radius 1 is 1.05 bits per heavy atom. The van der Waals surface area contributed by atoms with Crippen LogP contribution in [0.5, 0.6) is 0 Å². The molecule has 0 unspecified atom stereocenters. The average molecular weight is 296 g/mol. The zero-order chi connectivity index (χ0) is 15.2. The number of hydrogen-bond donors (Lipinski definition) is 0. The van der Waals surface area contributed by atoms with Crippen LogP contribution in [0.2, 0.25) is 0 Å². The summed E-state index contributed by atoms with van der Waals surface area (Å²) in [6.07, 6.45) is -4.75. The minimum atomic E-state index is -4.75. The first-order chi connectivity index (χ1) is 9.86. The Morgan fingerprint density at radius 2 is 1.81 bits per heavy atom. The van der Waals surface area contributed by atoms with Crippen molar-refractivity contribution in [2.75, 3.05) is 0 Å². The minimum absolute atomic E-state index is 0.165. The smallest absolute Gasteiger partial charge is 0.206 e. The maximum atomic E-state index is 13.3. The molecule has 0 bridgehead atoms. The first-order valence-electron chi connectivity index (χ1n) is 5.92. The monoisotopic (exact) mass is 296 g/mol. The Hall–Kier alpha value is -2.51. The van der Waals surface area contributed by atoms with Crippen molar-refractivity contribution in [3.05, 3.63) is 47.5 Å². The second-order valence-electron chi connectivity index (χ2n) is 4.43. The molecule has 0 fully saturated rings. The third kappa shape index (κ3) is 2.32. The van der Waals surface area contributed by atoms with Gasteiger partial charge in [-0.2, -0.15) is 22.8 Å². The Balaban J connectivity index is 2.16. The molecule has 0 aliphatic heterocycles. The Bertz CT molecular complexity index is 823. The molecule has 0 aliphatic carbocycles. The van der Waals surface area contributed by atoms with E-state index < -0.39 is 17.6 Å². The lowest BCUT2D eigenvalue weighted by molar-refractivity contribution is -0.139. The van der Waals surface area contributed by atoms with Gasteiger partial charge in [0, 0.05) is 5.56 Å². The molecule has 0 amide bonds. The van der Waals surface area contributed by atoms with Crippen LogP contribution in [0.4, 0.5) is 17.6 Å². The maximum Gasteiger partial charge on any atom is 0.419 e. The van der Waals surface area contributed by atoms with Crippen molar-refractivity contribution in [3.63, 3.8) is 0 Å². The van der Waals surface area contributed by atoms with E-state index in [2.05, 4.69) is 15.3 Å². The molecule has 0 saturated carbocycles. The van der Waals surface area contributed by atoms with Gasteiger partial charge in [0.1, 0.15) is 5.82 Å². The van der Waals surface area contributed by atoms with Crippen LogP contribution in [0, 0.1) is 12.7 Å². The first-order valence-corrected chi connectivity index (χ1v) is 5.92. The van der Waals surface area contributed by atoms with Gasteiger partial charge in [-0.05, 0) is 37.3 Å². The van der Waals surface area contributed by atoms with E-state index in [1.165, 1.54) is 16.6 Å². The second kappa shape index (κ2) is 4.51. The highest BCUT2D eigenvalue weighted by atomic mass is 19.4. The largest absolute Gasteiger partial charge is 0.419 e. The topological polar surface area (TPSA) is 43.1 Å². The Kier molecular flexibility index (Phi) is 2.89. The highest BCUT2D eigenvalue weighted by Gasteiger charge is 2.34. The molecule has 0 atom stereocenters. The normalized spacial score (nSPS) is 12.0. The predicted octanol–water partition coefficient (Wildman–Crippen LogP) is 3.26.